The molecule has 2 aliphatic carbocycles. The first kappa shape index (κ1) is 27.7. The van der Waals surface area contributed by atoms with E-state index < -0.39 is 29.2 Å². The highest BCUT2D eigenvalue weighted by Crippen LogP contribution is 2.37. The van der Waals surface area contributed by atoms with Crippen LogP contribution in [0.1, 0.15) is 81.8 Å². The monoisotopic (exact) mass is 524 g/mol. The molecule has 2 aromatic carbocycles. The van der Waals surface area contributed by atoms with Gasteiger partial charge in [0.2, 0.25) is 0 Å². The molecule has 0 aromatic heterocycles. The Bertz CT molecular complexity index is 1050. The molecule has 0 bridgehead atoms. The van der Waals surface area contributed by atoms with E-state index >= 15 is 0 Å². The highest BCUT2D eigenvalue weighted by molar-refractivity contribution is 5.67. The Labute approximate surface area is 214 Å². The van der Waals surface area contributed by atoms with Gasteiger partial charge in [0.25, 0.3) is 0 Å². The van der Waals surface area contributed by atoms with Gasteiger partial charge in [-0.15, -0.1) is 0 Å². The lowest BCUT2D eigenvalue weighted by atomic mass is 9.81. The molecule has 202 valence electrons. The number of hydrogen-bond donors (Lipinski definition) is 0. The fraction of sp³-hybridized carbons (Fsp3) is 0.533. The van der Waals surface area contributed by atoms with Crippen LogP contribution in [0.5, 0.6) is 0 Å². The summed E-state index contributed by atoms with van der Waals surface area (Å²) in [5, 5.41) is 0. The number of allylic oxidation sites excluding steroid dienone is 1. The summed E-state index contributed by atoms with van der Waals surface area (Å²) in [6.07, 6.45) is 5.62. The lowest BCUT2D eigenvalue weighted by molar-refractivity contribution is -0.0790. The molecule has 1 nitrogen and oxygen atoms in total. The second-order valence-corrected chi connectivity index (χ2v) is 10.6. The Morgan fingerprint density at radius 1 is 0.811 bits per heavy atom. The van der Waals surface area contributed by atoms with Crippen LogP contribution in [0.15, 0.2) is 36.4 Å². The topological polar surface area (TPSA) is 9.23 Å². The molecule has 0 atom stereocenters. The standard InChI is InChI=1S/C30H34F6O/c1-2-19-3-5-20(6-4-19)18-37-24-10-7-21(8-11-24)22-9-12-25(27(31)15-22)23-16-28(32)26(29(33)17-23)13-14-30(34,35)36/h9,12-17,19-21,24H,2-8,10-11,18H2,1H3/b14-13+. The summed E-state index contributed by atoms with van der Waals surface area (Å²) < 4.78 is 87.0. The number of rotatable bonds is 7. The second-order valence-electron chi connectivity index (χ2n) is 10.6. The highest BCUT2D eigenvalue weighted by atomic mass is 19.4. The summed E-state index contributed by atoms with van der Waals surface area (Å²) >= 11 is 0. The normalized spacial score (nSPS) is 25.1. The van der Waals surface area contributed by atoms with Crippen molar-refractivity contribution in [1.82, 2.24) is 0 Å². The minimum atomic E-state index is -4.70. The summed E-state index contributed by atoms with van der Waals surface area (Å²) in [5.74, 6) is -1.27. The molecule has 37 heavy (non-hydrogen) atoms. The number of ether oxygens (including phenoxy) is 1. The van der Waals surface area contributed by atoms with Crippen molar-refractivity contribution >= 4 is 6.08 Å². The van der Waals surface area contributed by atoms with E-state index in [1.54, 1.807) is 6.07 Å². The van der Waals surface area contributed by atoms with Crippen molar-refractivity contribution in [2.24, 2.45) is 11.8 Å². The summed E-state index contributed by atoms with van der Waals surface area (Å²) in [4.78, 5) is 0. The van der Waals surface area contributed by atoms with Gasteiger partial charge in [-0.25, -0.2) is 13.2 Å². The van der Waals surface area contributed by atoms with Gasteiger partial charge in [0.1, 0.15) is 17.5 Å². The van der Waals surface area contributed by atoms with E-state index in [2.05, 4.69) is 6.92 Å². The number of hydrogen-bond acceptors (Lipinski definition) is 1. The zero-order valence-corrected chi connectivity index (χ0v) is 21.1. The minimum absolute atomic E-state index is 0.00251. The summed E-state index contributed by atoms with van der Waals surface area (Å²) in [6, 6.07) is 6.37. The maximum Gasteiger partial charge on any atom is 0.409 e. The highest BCUT2D eigenvalue weighted by Gasteiger charge is 2.26. The third-order valence-electron chi connectivity index (χ3n) is 8.08. The first-order valence-corrected chi connectivity index (χ1v) is 13.3. The van der Waals surface area contributed by atoms with Gasteiger partial charge in [-0.05, 0) is 91.7 Å². The second kappa shape index (κ2) is 12.1. The average molecular weight is 525 g/mol. The molecular formula is C30H34F6O. The van der Waals surface area contributed by atoms with E-state index in [0.717, 1.165) is 55.9 Å². The largest absolute Gasteiger partial charge is 0.409 e. The Morgan fingerprint density at radius 3 is 2.00 bits per heavy atom. The van der Waals surface area contributed by atoms with E-state index in [0.29, 0.717) is 12.0 Å². The molecule has 2 aromatic rings. The van der Waals surface area contributed by atoms with Gasteiger partial charge < -0.3 is 4.74 Å². The Kier molecular flexibility index (Phi) is 9.04. The van der Waals surface area contributed by atoms with Gasteiger partial charge in [0, 0.05) is 23.8 Å². The third-order valence-corrected chi connectivity index (χ3v) is 8.08. The van der Waals surface area contributed by atoms with Crippen LogP contribution < -0.4 is 0 Å². The van der Waals surface area contributed by atoms with Crippen LogP contribution in [0.25, 0.3) is 17.2 Å². The lowest BCUT2D eigenvalue weighted by Gasteiger charge is -2.32. The van der Waals surface area contributed by atoms with E-state index in [1.165, 1.54) is 44.2 Å². The maximum absolute atomic E-state index is 15.0. The van der Waals surface area contributed by atoms with Crippen molar-refractivity contribution in [3.05, 3.63) is 65.0 Å². The van der Waals surface area contributed by atoms with Crippen LogP contribution in [0, 0.1) is 29.3 Å². The van der Waals surface area contributed by atoms with Crippen molar-refractivity contribution in [3.8, 4) is 11.1 Å². The molecule has 7 heteroatoms. The first-order chi connectivity index (χ1) is 17.6. The molecule has 4 rings (SSSR count). The van der Waals surface area contributed by atoms with Crippen molar-refractivity contribution < 1.29 is 31.1 Å². The van der Waals surface area contributed by atoms with Crippen LogP contribution in [-0.4, -0.2) is 18.9 Å². The number of benzene rings is 2. The van der Waals surface area contributed by atoms with Gasteiger partial charge in [-0.2, -0.15) is 13.2 Å². The smallest absolute Gasteiger partial charge is 0.378 e. The van der Waals surface area contributed by atoms with Crippen molar-refractivity contribution in [2.75, 3.05) is 6.61 Å². The zero-order chi connectivity index (χ0) is 26.6. The number of alkyl halides is 3. The van der Waals surface area contributed by atoms with E-state index in [9.17, 15) is 26.3 Å². The molecule has 0 unspecified atom stereocenters. The van der Waals surface area contributed by atoms with Crippen LogP contribution in [0.2, 0.25) is 0 Å². The van der Waals surface area contributed by atoms with E-state index in [-0.39, 0.29) is 29.2 Å². The molecule has 0 N–H and O–H groups in total. The molecular weight excluding hydrogens is 490 g/mol. The van der Waals surface area contributed by atoms with Crippen molar-refractivity contribution in [2.45, 2.75) is 82.9 Å². The minimum Gasteiger partial charge on any atom is -0.378 e. The van der Waals surface area contributed by atoms with Gasteiger partial charge in [0.15, 0.2) is 0 Å². The van der Waals surface area contributed by atoms with Crippen molar-refractivity contribution in [1.29, 1.82) is 0 Å². The molecule has 0 heterocycles. The van der Waals surface area contributed by atoms with Crippen LogP contribution in [-0.2, 0) is 4.74 Å². The van der Waals surface area contributed by atoms with Gasteiger partial charge in [0.05, 0.1) is 6.10 Å². The first-order valence-electron chi connectivity index (χ1n) is 13.3. The quantitative estimate of drug-likeness (QED) is 0.328. The predicted octanol–water partition coefficient (Wildman–Crippen LogP) is 9.61. The molecule has 0 radical (unpaired) electrons. The van der Waals surface area contributed by atoms with E-state index in [4.69, 9.17) is 4.74 Å². The Morgan fingerprint density at radius 2 is 1.43 bits per heavy atom. The Hall–Kier alpha value is -2.28. The maximum atomic E-state index is 15.0. The molecule has 0 spiro atoms. The number of halogens is 6. The zero-order valence-electron chi connectivity index (χ0n) is 21.1. The predicted molar refractivity (Wildman–Crippen MR) is 134 cm³/mol. The van der Waals surface area contributed by atoms with Gasteiger partial charge in [-0.1, -0.05) is 38.3 Å². The fourth-order valence-corrected chi connectivity index (χ4v) is 5.74. The molecule has 0 aliphatic heterocycles. The van der Waals surface area contributed by atoms with Crippen LogP contribution in [0.4, 0.5) is 26.3 Å². The van der Waals surface area contributed by atoms with Crippen molar-refractivity contribution in [3.63, 3.8) is 0 Å². The fourth-order valence-electron chi connectivity index (χ4n) is 5.74. The molecule has 2 fully saturated rings. The van der Waals surface area contributed by atoms with Crippen LogP contribution >= 0.6 is 0 Å². The summed E-state index contributed by atoms with van der Waals surface area (Å²) in [6.45, 7) is 3.09. The lowest BCUT2D eigenvalue weighted by Crippen LogP contribution is -2.25. The molecule has 0 amide bonds. The molecule has 2 saturated carbocycles. The third kappa shape index (κ3) is 7.40. The van der Waals surface area contributed by atoms with Gasteiger partial charge in [-0.3, -0.25) is 0 Å². The molecule has 2 aliphatic rings. The summed E-state index contributed by atoms with van der Waals surface area (Å²) in [5.41, 5.74) is -0.0370. The van der Waals surface area contributed by atoms with E-state index in [1.807, 2.05) is 0 Å². The van der Waals surface area contributed by atoms with Gasteiger partial charge >= 0.3 is 6.18 Å². The van der Waals surface area contributed by atoms with Crippen LogP contribution in [0.3, 0.4) is 0 Å². The summed E-state index contributed by atoms with van der Waals surface area (Å²) in [7, 11) is 0. The SMILES string of the molecule is CCC1CCC(COC2CCC(c3ccc(-c4cc(F)c(/C=C/C(F)(F)F)c(F)c4)c(F)c3)CC2)CC1. The Balaban J connectivity index is 1.34. The average Bonchev–Trinajstić information content (AvgIpc) is 2.87. The molecule has 0 saturated heterocycles.